The van der Waals surface area contributed by atoms with Crippen LogP contribution in [0.1, 0.15) is 32.3 Å². The van der Waals surface area contributed by atoms with Gasteiger partial charge >= 0.3 is 0 Å². The molecule has 3 atom stereocenters. The van der Waals surface area contributed by atoms with E-state index >= 15 is 4.39 Å². The molecule has 2 aromatic carbocycles. The van der Waals surface area contributed by atoms with Gasteiger partial charge in [-0.3, -0.25) is 9.00 Å². The van der Waals surface area contributed by atoms with Crippen LogP contribution in [0.2, 0.25) is 0 Å². The predicted octanol–water partition coefficient (Wildman–Crippen LogP) is 2.94. The molecule has 1 saturated heterocycles. The highest BCUT2D eigenvalue weighted by Crippen LogP contribution is 2.34. The number of aliphatic hydroxyl groups is 1. The predicted molar refractivity (Wildman–Crippen MR) is 117 cm³/mol. The highest BCUT2D eigenvalue weighted by Gasteiger charge is 2.41. The third-order valence-electron chi connectivity index (χ3n) is 5.85. The average molecular weight is 466 g/mol. The molecule has 1 unspecified atom stereocenters. The molecule has 1 fully saturated rings. The number of nitrogens with one attached hydrogen (secondary N) is 1. The van der Waals surface area contributed by atoms with E-state index < -0.39 is 40.5 Å². The van der Waals surface area contributed by atoms with Crippen molar-refractivity contribution < 1.29 is 27.4 Å². The number of hydrogen-bond donors (Lipinski definition) is 2. The number of halogens is 2. The molecule has 1 aliphatic rings. The summed E-state index contributed by atoms with van der Waals surface area (Å²) in [6.45, 7) is 3.41. The van der Waals surface area contributed by atoms with Crippen LogP contribution in [-0.2, 0) is 22.5 Å². The van der Waals surface area contributed by atoms with Crippen molar-refractivity contribution in [3.63, 3.8) is 0 Å². The first-order valence-electron chi connectivity index (χ1n) is 10.5. The Morgan fingerprint density at radius 3 is 2.66 bits per heavy atom. The summed E-state index contributed by atoms with van der Waals surface area (Å²) in [6, 6.07) is 10.2. The molecule has 32 heavy (non-hydrogen) atoms. The van der Waals surface area contributed by atoms with Gasteiger partial charge in [-0.15, -0.1) is 0 Å². The molecule has 0 radical (unpaired) electrons. The van der Waals surface area contributed by atoms with E-state index in [9.17, 15) is 23.1 Å². The van der Waals surface area contributed by atoms with Crippen LogP contribution in [0.5, 0.6) is 0 Å². The van der Waals surface area contributed by atoms with Gasteiger partial charge in [-0.1, -0.05) is 30.3 Å². The van der Waals surface area contributed by atoms with Gasteiger partial charge < -0.3 is 14.6 Å². The Kier molecular flexibility index (Phi) is 7.76. The van der Waals surface area contributed by atoms with Crippen molar-refractivity contribution in [3.8, 4) is 11.1 Å². The van der Waals surface area contributed by atoms with E-state index in [2.05, 4.69) is 4.72 Å². The molecular weight excluding hydrogens is 438 g/mol. The van der Waals surface area contributed by atoms with E-state index in [1.54, 1.807) is 29.2 Å². The molecule has 2 aromatic rings. The first kappa shape index (κ1) is 24.4. The van der Waals surface area contributed by atoms with E-state index in [1.807, 2.05) is 0 Å². The Balaban J connectivity index is 1.90. The Bertz CT molecular complexity index is 996. The molecule has 0 aliphatic carbocycles. The van der Waals surface area contributed by atoms with Crippen LogP contribution in [0.15, 0.2) is 42.5 Å². The topological polar surface area (TPSA) is 92.7 Å². The third kappa shape index (κ3) is 5.78. The smallest absolute Gasteiger partial charge is 0.254 e. The van der Waals surface area contributed by atoms with Gasteiger partial charge in [0.25, 0.3) is 5.91 Å². The minimum absolute atomic E-state index is 0.0745. The molecule has 9 heteroatoms. The van der Waals surface area contributed by atoms with Crippen LogP contribution in [0, 0.1) is 17.6 Å². The summed E-state index contributed by atoms with van der Waals surface area (Å²) in [5.74, 6) is -1.48. The molecule has 2 N–H and O–H groups in total. The van der Waals surface area contributed by atoms with E-state index in [-0.39, 0.29) is 24.4 Å². The van der Waals surface area contributed by atoms with Crippen molar-refractivity contribution in [2.45, 2.75) is 44.8 Å². The molecular formula is C23H27F2N2O4S-. The summed E-state index contributed by atoms with van der Waals surface area (Å²) in [4.78, 5) is 14.4. The molecule has 0 saturated carbocycles. The van der Waals surface area contributed by atoms with Crippen LogP contribution >= 0.6 is 0 Å². The lowest BCUT2D eigenvalue weighted by Gasteiger charge is -2.33. The normalized spacial score (nSPS) is 19.9. The molecule has 0 spiro atoms. The van der Waals surface area contributed by atoms with Crippen LogP contribution in [0.4, 0.5) is 8.78 Å². The fourth-order valence-electron chi connectivity index (χ4n) is 4.30. The van der Waals surface area contributed by atoms with E-state index in [0.29, 0.717) is 30.5 Å². The number of benzene rings is 2. The fraction of sp³-hybridized carbons (Fsp3) is 0.435. The van der Waals surface area contributed by atoms with E-state index in [1.165, 1.54) is 32.0 Å². The lowest BCUT2D eigenvalue weighted by molar-refractivity contribution is -0.149. The Morgan fingerprint density at radius 2 is 2.00 bits per heavy atom. The zero-order chi connectivity index (χ0) is 23.5. The third-order valence-corrected chi connectivity index (χ3v) is 6.29. The quantitative estimate of drug-likeness (QED) is 0.587. The molecule has 174 valence electrons. The Morgan fingerprint density at radius 1 is 1.28 bits per heavy atom. The molecule has 0 aromatic heterocycles. The van der Waals surface area contributed by atoms with Crippen molar-refractivity contribution in [1.29, 1.82) is 0 Å². The van der Waals surface area contributed by atoms with Gasteiger partial charge in [0.1, 0.15) is 17.2 Å². The van der Waals surface area contributed by atoms with Gasteiger partial charge in [0.2, 0.25) is 0 Å². The molecule has 3 rings (SSSR count). The summed E-state index contributed by atoms with van der Waals surface area (Å²) >= 11 is -2.39. The average Bonchev–Trinajstić information content (AvgIpc) is 3.10. The van der Waals surface area contributed by atoms with Gasteiger partial charge in [0.15, 0.2) is 0 Å². The summed E-state index contributed by atoms with van der Waals surface area (Å²) in [5, 5.41) is 10.2. The first-order valence-corrected chi connectivity index (χ1v) is 11.5. The first-order chi connectivity index (χ1) is 15.1. The fourth-order valence-corrected chi connectivity index (χ4v) is 4.59. The van der Waals surface area contributed by atoms with Crippen molar-refractivity contribution in [3.05, 3.63) is 59.7 Å². The Hall–Kier alpha value is -2.20. The Labute approximate surface area is 189 Å². The standard InChI is InChI=1S/C23H28F2N2O4S/c1-23(2,29)22(28)27-12-10-15(9-11-26-32(30)31)20(27)14-17-6-4-8-19(21(17)25)16-5-3-7-18(24)13-16/h3-8,13,15,20,26,29H,9-12,14H2,1-2H3,(H,30,31)/p-1/t15-,20+/m1/s1. The second-order valence-electron chi connectivity index (χ2n) is 8.58. The molecule has 1 aliphatic heterocycles. The number of nitrogens with zero attached hydrogens (tertiary/aromatic N) is 1. The maximum atomic E-state index is 15.4. The van der Waals surface area contributed by atoms with Crippen LogP contribution in [-0.4, -0.2) is 49.4 Å². The number of carbonyl (C=O) groups is 1. The van der Waals surface area contributed by atoms with Crippen LogP contribution in [0.3, 0.4) is 0 Å². The van der Waals surface area contributed by atoms with Gasteiger partial charge in [-0.05, 0) is 62.3 Å². The zero-order valence-corrected chi connectivity index (χ0v) is 18.8. The minimum atomic E-state index is -2.39. The maximum Gasteiger partial charge on any atom is 0.254 e. The minimum Gasteiger partial charge on any atom is -0.760 e. The SMILES string of the molecule is CC(C)(O)C(=O)N1CC[C@@H](CCNS(=O)[O-])[C@@H]1Cc1cccc(-c2cccc(F)c2)c1F. The number of hydrogen-bond acceptors (Lipinski definition) is 4. The van der Waals surface area contributed by atoms with Crippen LogP contribution in [0.25, 0.3) is 11.1 Å². The van der Waals surface area contributed by atoms with Crippen molar-refractivity contribution in [2.75, 3.05) is 13.1 Å². The summed E-state index contributed by atoms with van der Waals surface area (Å²) in [5.41, 5.74) is -0.527. The van der Waals surface area contributed by atoms with Crippen LogP contribution < -0.4 is 4.72 Å². The van der Waals surface area contributed by atoms with Gasteiger partial charge in [0.05, 0.1) is 0 Å². The monoisotopic (exact) mass is 465 g/mol. The molecule has 6 nitrogen and oxygen atoms in total. The highest BCUT2D eigenvalue weighted by atomic mass is 32.2. The number of amides is 1. The van der Waals surface area contributed by atoms with Gasteiger partial charge in [-0.2, -0.15) is 0 Å². The van der Waals surface area contributed by atoms with Crippen molar-refractivity contribution in [2.24, 2.45) is 5.92 Å². The van der Waals surface area contributed by atoms with E-state index in [0.717, 1.165) is 0 Å². The van der Waals surface area contributed by atoms with Crippen molar-refractivity contribution >= 4 is 17.2 Å². The van der Waals surface area contributed by atoms with Crippen molar-refractivity contribution in [1.82, 2.24) is 9.62 Å². The molecule has 0 bridgehead atoms. The molecule has 1 amide bonds. The number of rotatable bonds is 8. The van der Waals surface area contributed by atoms with Gasteiger partial charge in [-0.25, -0.2) is 13.5 Å². The largest absolute Gasteiger partial charge is 0.760 e. The zero-order valence-electron chi connectivity index (χ0n) is 18.0. The summed E-state index contributed by atoms with van der Waals surface area (Å²) in [6.07, 6.45) is 1.28. The van der Waals surface area contributed by atoms with Gasteiger partial charge in [0, 0.05) is 36.0 Å². The summed E-state index contributed by atoms with van der Waals surface area (Å²) < 4.78 is 53.0. The second-order valence-corrected chi connectivity index (χ2v) is 9.34. The highest BCUT2D eigenvalue weighted by molar-refractivity contribution is 7.77. The number of carbonyl (C=O) groups excluding carboxylic acids is 1. The second kappa shape index (κ2) is 10.2. The summed E-state index contributed by atoms with van der Waals surface area (Å²) in [7, 11) is 0. The van der Waals surface area contributed by atoms with E-state index in [4.69, 9.17) is 0 Å². The maximum absolute atomic E-state index is 15.4. The lowest BCUT2D eigenvalue weighted by atomic mass is 9.89. The number of likely N-dealkylation sites (tertiary alicyclic amines) is 1. The molecule has 1 heterocycles. The lowest BCUT2D eigenvalue weighted by Crippen LogP contribution is -2.49.